The van der Waals surface area contributed by atoms with Crippen LogP contribution in [0.2, 0.25) is 0 Å². The van der Waals surface area contributed by atoms with Gasteiger partial charge < -0.3 is 4.74 Å². The molecule has 0 amide bonds. The van der Waals surface area contributed by atoms with E-state index < -0.39 is 17.5 Å². The van der Waals surface area contributed by atoms with Crippen molar-refractivity contribution in [2.75, 3.05) is 6.61 Å². The standard InChI is InChI=1S/C25H29F3O/c1-3-9-29-20-12-19-13-21(26)23(25(28)24(19)22(27)14-20)18-8-7-16-10-15(4-2)5-6-17(16)11-18/h3,12-18H,1,4-11H2,2H3. The van der Waals surface area contributed by atoms with Crippen molar-refractivity contribution in [2.45, 2.75) is 57.8 Å². The first-order valence-corrected chi connectivity index (χ1v) is 10.9. The second-order valence-electron chi connectivity index (χ2n) is 8.81. The lowest BCUT2D eigenvalue weighted by molar-refractivity contribution is 0.115. The molecule has 0 spiro atoms. The molecule has 4 heteroatoms. The summed E-state index contributed by atoms with van der Waals surface area (Å²) in [6.45, 7) is 6.01. The highest BCUT2D eigenvalue weighted by Crippen LogP contribution is 2.49. The fourth-order valence-corrected chi connectivity index (χ4v) is 5.63. The van der Waals surface area contributed by atoms with Crippen molar-refractivity contribution in [2.24, 2.45) is 17.8 Å². The predicted molar refractivity (Wildman–Crippen MR) is 111 cm³/mol. The normalized spacial score (nSPS) is 26.9. The van der Waals surface area contributed by atoms with Crippen LogP contribution in [0.5, 0.6) is 5.75 Å². The van der Waals surface area contributed by atoms with Crippen molar-refractivity contribution in [3.8, 4) is 5.75 Å². The molecule has 2 aromatic rings. The zero-order valence-corrected chi connectivity index (χ0v) is 17.0. The van der Waals surface area contributed by atoms with Gasteiger partial charge in [0.05, 0.1) is 5.39 Å². The molecule has 2 aromatic carbocycles. The van der Waals surface area contributed by atoms with Crippen molar-refractivity contribution in [3.05, 3.63) is 53.9 Å². The third-order valence-electron chi connectivity index (χ3n) is 7.16. The summed E-state index contributed by atoms with van der Waals surface area (Å²) in [6.07, 6.45) is 8.97. The average Bonchev–Trinajstić information content (AvgIpc) is 2.71. The highest BCUT2D eigenvalue weighted by atomic mass is 19.1. The summed E-state index contributed by atoms with van der Waals surface area (Å²) in [6, 6.07) is 3.91. The summed E-state index contributed by atoms with van der Waals surface area (Å²) < 4.78 is 50.4. The maximum Gasteiger partial charge on any atom is 0.140 e. The molecule has 1 nitrogen and oxygen atoms in total. The topological polar surface area (TPSA) is 9.23 Å². The van der Waals surface area contributed by atoms with Crippen LogP contribution >= 0.6 is 0 Å². The van der Waals surface area contributed by atoms with Crippen molar-refractivity contribution in [1.82, 2.24) is 0 Å². The lowest BCUT2D eigenvalue weighted by Gasteiger charge is -2.42. The molecule has 156 valence electrons. The van der Waals surface area contributed by atoms with Gasteiger partial charge >= 0.3 is 0 Å². The maximum absolute atomic E-state index is 15.4. The van der Waals surface area contributed by atoms with E-state index in [1.54, 1.807) is 0 Å². The Morgan fingerprint density at radius 2 is 1.76 bits per heavy atom. The first kappa shape index (κ1) is 20.3. The number of halogens is 3. The molecule has 2 saturated carbocycles. The lowest BCUT2D eigenvalue weighted by atomic mass is 9.63. The van der Waals surface area contributed by atoms with E-state index in [4.69, 9.17) is 4.74 Å². The molecule has 0 aliphatic heterocycles. The zero-order valence-electron chi connectivity index (χ0n) is 17.0. The minimum absolute atomic E-state index is 0.0761. The van der Waals surface area contributed by atoms with Crippen LogP contribution in [0.3, 0.4) is 0 Å². The van der Waals surface area contributed by atoms with Crippen LogP contribution in [-0.4, -0.2) is 6.61 Å². The van der Waals surface area contributed by atoms with Crippen LogP contribution < -0.4 is 4.74 Å². The van der Waals surface area contributed by atoms with E-state index in [2.05, 4.69) is 13.5 Å². The monoisotopic (exact) mass is 402 g/mol. The minimum Gasteiger partial charge on any atom is -0.489 e. The minimum atomic E-state index is -0.738. The van der Waals surface area contributed by atoms with Gasteiger partial charge in [-0.05, 0) is 73.3 Å². The van der Waals surface area contributed by atoms with E-state index in [-0.39, 0.29) is 34.6 Å². The van der Waals surface area contributed by atoms with Gasteiger partial charge in [0.25, 0.3) is 0 Å². The molecule has 29 heavy (non-hydrogen) atoms. The summed E-state index contributed by atoms with van der Waals surface area (Å²) >= 11 is 0. The molecule has 4 atom stereocenters. The molecule has 0 heterocycles. The Balaban J connectivity index is 1.64. The number of rotatable bonds is 5. The Labute approximate surface area is 170 Å². The van der Waals surface area contributed by atoms with E-state index in [0.29, 0.717) is 11.8 Å². The Bertz CT molecular complexity index is 907. The third-order valence-corrected chi connectivity index (χ3v) is 7.16. The molecule has 4 rings (SSSR count). The predicted octanol–water partition coefficient (Wildman–Crippen LogP) is 7.53. The lowest BCUT2D eigenvalue weighted by Crippen LogP contribution is -2.30. The number of benzene rings is 2. The van der Waals surface area contributed by atoms with Gasteiger partial charge in [-0.15, -0.1) is 0 Å². The Kier molecular flexibility index (Phi) is 5.89. The van der Waals surface area contributed by atoms with Crippen LogP contribution in [0, 0.1) is 35.2 Å². The van der Waals surface area contributed by atoms with E-state index in [1.165, 1.54) is 43.5 Å². The van der Waals surface area contributed by atoms with Gasteiger partial charge in [0.1, 0.15) is 29.8 Å². The average molecular weight is 403 g/mol. The van der Waals surface area contributed by atoms with Crippen molar-refractivity contribution in [3.63, 3.8) is 0 Å². The van der Waals surface area contributed by atoms with E-state index in [0.717, 1.165) is 31.6 Å². The van der Waals surface area contributed by atoms with Crippen LogP contribution in [0.1, 0.15) is 63.4 Å². The summed E-state index contributed by atoms with van der Waals surface area (Å²) in [5, 5.41) is 0.0594. The number of hydrogen-bond acceptors (Lipinski definition) is 1. The van der Waals surface area contributed by atoms with Crippen molar-refractivity contribution in [1.29, 1.82) is 0 Å². The largest absolute Gasteiger partial charge is 0.489 e. The maximum atomic E-state index is 15.4. The molecule has 0 N–H and O–H groups in total. The van der Waals surface area contributed by atoms with E-state index >= 15 is 8.78 Å². The van der Waals surface area contributed by atoms with Crippen molar-refractivity contribution >= 4 is 10.8 Å². The molecule has 2 aliphatic carbocycles. The number of ether oxygens (including phenoxy) is 1. The summed E-state index contributed by atoms with van der Waals surface area (Å²) in [5.74, 6) is 0.0680. The SMILES string of the molecule is C=CCOc1cc(F)c2c(F)c(C3CCC4CC(CC)CCC4C3)c(F)cc2c1. The highest BCUT2D eigenvalue weighted by molar-refractivity contribution is 5.86. The summed E-state index contributed by atoms with van der Waals surface area (Å²) in [5.41, 5.74) is 0.0761. The second kappa shape index (κ2) is 8.41. The van der Waals surface area contributed by atoms with Gasteiger partial charge in [-0.25, -0.2) is 13.2 Å². The molecule has 0 saturated heterocycles. The van der Waals surface area contributed by atoms with Gasteiger partial charge in [0.2, 0.25) is 0 Å². The Morgan fingerprint density at radius 1 is 1.00 bits per heavy atom. The molecule has 4 unspecified atom stereocenters. The van der Waals surface area contributed by atoms with Gasteiger partial charge in [0, 0.05) is 11.6 Å². The second-order valence-corrected chi connectivity index (χ2v) is 8.81. The van der Waals surface area contributed by atoms with Crippen molar-refractivity contribution < 1.29 is 17.9 Å². The number of fused-ring (bicyclic) bond motifs is 2. The zero-order chi connectivity index (χ0) is 20.5. The first-order chi connectivity index (χ1) is 14.0. The van der Waals surface area contributed by atoms with Crippen LogP contribution in [0.4, 0.5) is 13.2 Å². The van der Waals surface area contributed by atoms with Crippen LogP contribution in [0.15, 0.2) is 30.9 Å². The van der Waals surface area contributed by atoms with Crippen LogP contribution in [-0.2, 0) is 0 Å². The molecular weight excluding hydrogens is 373 g/mol. The Morgan fingerprint density at radius 3 is 2.52 bits per heavy atom. The molecule has 2 fully saturated rings. The van der Waals surface area contributed by atoms with E-state index in [1.807, 2.05) is 0 Å². The highest BCUT2D eigenvalue weighted by Gasteiger charge is 2.37. The fraction of sp³-hybridized carbons (Fsp3) is 0.520. The third kappa shape index (κ3) is 3.91. The molecule has 0 aromatic heterocycles. The smallest absolute Gasteiger partial charge is 0.140 e. The summed E-state index contributed by atoms with van der Waals surface area (Å²) in [4.78, 5) is 0. The summed E-state index contributed by atoms with van der Waals surface area (Å²) in [7, 11) is 0. The number of hydrogen-bond donors (Lipinski definition) is 0. The van der Waals surface area contributed by atoms with Gasteiger partial charge in [-0.2, -0.15) is 0 Å². The quantitative estimate of drug-likeness (QED) is 0.470. The fourth-order valence-electron chi connectivity index (χ4n) is 5.63. The molecular formula is C25H29F3O. The van der Waals surface area contributed by atoms with Crippen LogP contribution in [0.25, 0.3) is 10.8 Å². The first-order valence-electron chi connectivity index (χ1n) is 10.9. The molecule has 2 aliphatic rings. The van der Waals surface area contributed by atoms with Gasteiger partial charge in [0.15, 0.2) is 0 Å². The van der Waals surface area contributed by atoms with E-state index in [9.17, 15) is 4.39 Å². The van der Waals surface area contributed by atoms with Gasteiger partial charge in [-0.3, -0.25) is 0 Å². The molecule has 0 bridgehead atoms. The Hall–Kier alpha value is -1.97. The molecule has 0 radical (unpaired) electrons. The van der Waals surface area contributed by atoms with Gasteiger partial charge in [-0.1, -0.05) is 32.4 Å².